The molecule has 2 unspecified atom stereocenters. The number of nitrogens with two attached hydrogens (primary N) is 3. The lowest BCUT2D eigenvalue weighted by atomic mass is 9.87. The Bertz CT molecular complexity index is 461. The molecule has 0 saturated heterocycles. The lowest BCUT2D eigenvalue weighted by Crippen LogP contribution is -2.37. The Morgan fingerprint density at radius 2 is 1.71 bits per heavy atom. The number of hydrogen-bond acceptors (Lipinski definition) is 7. The zero-order valence-corrected chi connectivity index (χ0v) is 17.5. The number of primary amides is 1. The summed E-state index contributed by atoms with van der Waals surface area (Å²) in [4.78, 5) is 32.1. The van der Waals surface area contributed by atoms with Gasteiger partial charge in [0, 0.05) is 11.5 Å². The summed E-state index contributed by atoms with van der Waals surface area (Å²) in [6, 6.07) is -0.691. The van der Waals surface area contributed by atoms with Gasteiger partial charge in [-0.1, -0.05) is 26.7 Å². The number of carbonyl (C=O) groups excluding carboxylic acids is 2. The number of carboxylic acids is 1. The molecule has 0 radical (unpaired) electrons. The molecule has 0 spiro atoms. The van der Waals surface area contributed by atoms with E-state index in [0.717, 1.165) is 25.7 Å². The van der Waals surface area contributed by atoms with Gasteiger partial charge in [0.2, 0.25) is 0 Å². The van der Waals surface area contributed by atoms with Gasteiger partial charge in [0.05, 0.1) is 0 Å². The minimum absolute atomic E-state index is 0.0248. The molecule has 0 heterocycles. The number of unbranched alkanes of at least 4 members (excludes halogenated alkanes) is 1. The molecule has 0 bridgehead atoms. The average Bonchev–Trinajstić information content (AvgIpc) is 2.59. The van der Waals surface area contributed by atoms with Crippen molar-refractivity contribution in [1.82, 2.24) is 5.32 Å². The van der Waals surface area contributed by atoms with Crippen LogP contribution in [-0.4, -0.2) is 55.1 Å². The van der Waals surface area contributed by atoms with Crippen LogP contribution in [0.5, 0.6) is 0 Å². The second-order valence-electron chi connectivity index (χ2n) is 7.27. The predicted molar refractivity (Wildman–Crippen MR) is 107 cm³/mol. The third-order valence-electron chi connectivity index (χ3n) is 3.66. The third kappa shape index (κ3) is 17.3. The molecule has 2 atom stereocenters. The fourth-order valence-corrected chi connectivity index (χ4v) is 2.18. The van der Waals surface area contributed by atoms with Crippen LogP contribution in [0.4, 0.5) is 9.59 Å². The predicted octanol–water partition coefficient (Wildman–Crippen LogP) is 1.55. The summed E-state index contributed by atoms with van der Waals surface area (Å²) < 4.78 is 9.92. The Balaban J connectivity index is 0. The van der Waals surface area contributed by atoms with Crippen molar-refractivity contribution >= 4 is 18.2 Å². The van der Waals surface area contributed by atoms with Gasteiger partial charge in [-0.15, -0.1) is 0 Å². The maximum Gasteiger partial charge on any atom is 0.407 e. The van der Waals surface area contributed by atoms with Crippen molar-refractivity contribution in [2.45, 2.75) is 71.9 Å². The molecule has 0 rings (SSSR count). The van der Waals surface area contributed by atoms with Crippen LogP contribution in [-0.2, 0) is 14.3 Å². The van der Waals surface area contributed by atoms with Crippen molar-refractivity contribution in [1.29, 1.82) is 0 Å². The van der Waals surface area contributed by atoms with Crippen molar-refractivity contribution in [3.05, 3.63) is 0 Å². The van der Waals surface area contributed by atoms with Crippen molar-refractivity contribution < 1.29 is 29.0 Å². The van der Waals surface area contributed by atoms with Crippen LogP contribution >= 0.6 is 0 Å². The van der Waals surface area contributed by atoms with Crippen LogP contribution in [0, 0.1) is 5.41 Å². The molecule has 0 aromatic heterocycles. The van der Waals surface area contributed by atoms with E-state index in [-0.39, 0.29) is 19.3 Å². The van der Waals surface area contributed by atoms with E-state index in [1.165, 1.54) is 0 Å². The summed E-state index contributed by atoms with van der Waals surface area (Å²) in [6.45, 7) is 8.54. The lowest BCUT2D eigenvalue weighted by molar-refractivity contribution is -0.138. The van der Waals surface area contributed by atoms with Gasteiger partial charge in [0.1, 0.15) is 19.3 Å². The number of rotatable bonds is 12. The minimum atomic E-state index is -0.933. The summed E-state index contributed by atoms with van der Waals surface area (Å²) in [5.74, 6) is -0.933. The first-order valence-corrected chi connectivity index (χ1v) is 9.51. The summed E-state index contributed by atoms with van der Waals surface area (Å²) in [5, 5.41) is 11.0. The van der Waals surface area contributed by atoms with E-state index in [2.05, 4.69) is 5.32 Å². The smallest absolute Gasteiger partial charge is 0.407 e. The fourth-order valence-electron chi connectivity index (χ4n) is 2.18. The molecule has 10 heteroatoms. The fraction of sp³-hybridized carbons (Fsp3) is 0.833. The number of hydrogen-bond donors (Lipinski definition) is 5. The standard InChI is InChI=1S/C12H24N2O4.C6H14N2O2/c1-5-6-12(4,7-17-10(13)15)8-18-11(16)14-9(2)3;7-4-2-1-3-5(8)6(9)10/h9H,5-8H2,1-4H3,(H2,13,15)(H,14,16);5H,1-4,7-8H2,(H,9,10). The number of amides is 2. The molecule has 0 aliphatic carbocycles. The second-order valence-corrected chi connectivity index (χ2v) is 7.27. The molecule has 2 amide bonds. The Morgan fingerprint density at radius 1 is 1.14 bits per heavy atom. The summed E-state index contributed by atoms with van der Waals surface area (Å²) >= 11 is 0. The molecule has 0 saturated carbocycles. The van der Waals surface area contributed by atoms with Crippen LogP contribution in [0.1, 0.15) is 59.8 Å². The van der Waals surface area contributed by atoms with Gasteiger partial charge in [-0.2, -0.15) is 0 Å². The zero-order chi connectivity index (χ0) is 22.2. The molecular weight excluding hydrogens is 368 g/mol. The van der Waals surface area contributed by atoms with Gasteiger partial charge in [0.25, 0.3) is 0 Å². The maximum absolute atomic E-state index is 11.4. The van der Waals surface area contributed by atoms with Gasteiger partial charge in [0.15, 0.2) is 0 Å². The number of nitrogens with one attached hydrogen (secondary N) is 1. The molecule has 0 aromatic rings. The highest BCUT2D eigenvalue weighted by atomic mass is 16.6. The highest BCUT2D eigenvalue weighted by molar-refractivity contribution is 5.72. The Hall–Kier alpha value is -2.07. The molecule has 28 heavy (non-hydrogen) atoms. The molecule has 0 aliphatic heterocycles. The zero-order valence-electron chi connectivity index (χ0n) is 17.5. The van der Waals surface area contributed by atoms with Crippen molar-refractivity contribution in [3.8, 4) is 0 Å². The molecule has 0 aromatic carbocycles. The Kier molecular flexibility index (Phi) is 16.0. The van der Waals surface area contributed by atoms with E-state index in [9.17, 15) is 14.4 Å². The van der Waals surface area contributed by atoms with Crippen molar-refractivity contribution in [2.75, 3.05) is 19.8 Å². The SMILES string of the molecule is CCCC(C)(COC(N)=O)COC(=O)NC(C)C.NCCCCC(N)C(=O)O. The quantitative estimate of drug-likeness (QED) is 0.303. The Morgan fingerprint density at radius 3 is 2.14 bits per heavy atom. The normalized spacial score (nSPS) is 13.5. The van der Waals surface area contributed by atoms with E-state index in [0.29, 0.717) is 13.0 Å². The van der Waals surface area contributed by atoms with Crippen molar-refractivity contribution in [2.24, 2.45) is 22.6 Å². The van der Waals surface area contributed by atoms with Crippen LogP contribution in [0.3, 0.4) is 0 Å². The summed E-state index contributed by atoms with van der Waals surface area (Å²) in [7, 11) is 0. The molecular formula is C18H38N4O6. The highest BCUT2D eigenvalue weighted by Crippen LogP contribution is 2.24. The number of ether oxygens (including phenoxy) is 2. The minimum Gasteiger partial charge on any atom is -0.480 e. The monoisotopic (exact) mass is 406 g/mol. The van der Waals surface area contributed by atoms with E-state index in [1.54, 1.807) is 0 Å². The average molecular weight is 407 g/mol. The molecule has 166 valence electrons. The highest BCUT2D eigenvalue weighted by Gasteiger charge is 2.27. The van der Waals surface area contributed by atoms with E-state index in [4.69, 9.17) is 31.8 Å². The van der Waals surface area contributed by atoms with Gasteiger partial charge >= 0.3 is 18.2 Å². The summed E-state index contributed by atoms with van der Waals surface area (Å²) in [5.41, 5.74) is 15.0. The maximum atomic E-state index is 11.4. The van der Waals surface area contributed by atoms with Crippen LogP contribution in [0.25, 0.3) is 0 Å². The molecule has 8 N–H and O–H groups in total. The number of aliphatic carboxylic acids is 1. The number of carbonyl (C=O) groups is 3. The lowest BCUT2D eigenvalue weighted by Gasteiger charge is -2.27. The molecule has 0 aliphatic rings. The Labute approximate surface area is 167 Å². The van der Waals surface area contributed by atoms with Gasteiger partial charge in [-0.3, -0.25) is 4.79 Å². The van der Waals surface area contributed by atoms with Crippen LogP contribution in [0.15, 0.2) is 0 Å². The second kappa shape index (κ2) is 15.9. The number of alkyl carbamates (subject to hydrolysis) is 1. The number of carboxylic acid groups (broad SMARTS) is 1. The van der Waals surface area contributed by atoms with Gasteiger partial charge in [-0.05, 0) is 39.7 Å². The largest absolute Gasteiger partial charge is 0.480 e. The first kappa shape index (κ1) is 28.1. The third-order valence-corrected chi connectivity index (χ3v) is 3.66. The molecule has 0 fully saturated rings. The topological polar surface area (TPSA) is 180 Å². The summed E-state index contributed by atoms with van der Waals surface area (Å²) in [6.07, 6.45) is 2.55. The first-order chi connectivity index (χ1) is 13.0. The van der Waals surface area contributed by atoms with E-state index in [1.807, 2.05) is 27.7 Å². The van der Waals surface area contributed by atoms with Crippen LogP contribution < -0.4 is 22.5 Å². The van der Waals surface area contributed by atoms with E-state index >= 15 is 0 Å². The van der Waals surface area contributed by atoms with Crippen molar-refractivity contribution in [3.63, 3.8) is 0 Å². The van der Waals surface area contributed by atoms with E-state index < -0.39 is 29.6 Å². The molecule has 10 nitrogen and oxygen atoms in total. The van der Waals surface area contributed by atoms with Crippen LogP contribution in [0.2, 0.25) is 0 Å². The van der Waals surface area contributed by atoms with Gasteiger partial charge in [-0.25, -0.2) is 9.59 Å². The first-order valence-electron chi connectivity index (χ1n) is 9.51. The van der Waals surface area contributed by atoms with Gasteiger partial charge < -0.3 is 37.1 Å².